The van der Waals surface area contributed by atoms with Crippen molar-refractivity contribution < 1.29 is 32.3 Å². The lowest BCUT2D eigenvalue weighted by Gasteiger charge is -2.12. The van der Waals surface area contributed by atoms with Crippen molar-refractivity contribution in [1.82, 2.24) is 4.57 Å². The molecule has 192 valence electrons. The standard InChI is InChI=1S/C28H25F3N2O4/c1-4-36-14-13-33-25-11-9-19(17(2)32-37-18(3)34)15-22(25)23-16-20(10-12-26(23)33)27(35)21-7-5-6-8-24(21)28(29,30)31/h5-12,15-16H,4,13-14H2,1-3H3. The monoisotopic (exact) mass is 510 g/mol. The summed E-state index contributed by atoms with van der Waals surface area (Å²) in [5.41, 5.74) is 1.60. The SMILES string of the molecule is CCOCCn1c2ccc(C(=O)c3ccccc3C(F)(F)F)cc2c2cc(C(C)=NOC(C)=O)ccc21. The van der Waals surface area contributed by atoms with Crippen LogP contribution in [-0.4, -0.2) is 35.2 Å². The van der Waals surface area contributed by atoms with E-state index in [0.29, 0.717) is 36.4 Å². The maximum Gasteiger partial charge on any atom is 0.417 e. The van der Waals surface area contributed by atoms with E-state index < -0.39 is 29.1 Å². The fraction of sp³-hybridized carbons (Fsp3) is 0.250. The molecule has 0 saturated heterocycles. The first-order chi connectivity index (χ1) is 17.6. The predicted molar refractivity (Wildman–Crippen MR) is 135 cm³/mol. The van der Waals surface area contributed by atoms with Gasteiger partial charge in [-0.2, -0.15) is 13.2 Å². The summed E-state index contributed by atoms with van der Waals surface area (Å²) in [5.74, 6) is -1.26. The Bertz CT molecular complexity index is 1520. The molecule has 4 rings (SSSR count). The van der Waals surface area contributed by atoms with Gasteiger partial charge in [-0.3, -0.25) is 4.79 Å². The molecule has 37 heavy (non-hydrogen) atoms. The molecule has 0 aliphatic heterocycles. The summed E-state index contributed by atoms with van der Waals surface area (Å²) in [6.07, 6.45) is -4.65. The minimum absolute atomic E-state index is 0.142. The Morgan fingerprint density at radius 3 is 2.16 bits per heavy atom. The Morgan fingerprint density at radius 2 is 1.54 bits per heavy atom. The zero-order chi connectivity index (χ0) is 26.7. The molecule has 1 aromatic heterocycles. The molecule has 4 aromatic rings. The van der Waals surface area contributed by atoms with E-state index in [1.165, 1.54) is 25.1 Å². The lowest BCUT2D eigenvalue weighted by molar-refractivity contribution is -0.141. The van der Waals surface area contributed by atoms with Gasteiger partial charge in [-0.25, -0.2) is 4.79 Å². The molecule has 9 heteroatoms. The number of hydrogen-bond acceptors (Lipinski definition) is 5. The molecule has 6 nitrogen and oxygen atoms in total. The van der Waals surface area contributed by atoms with Crippen LogP contribution in [0.1, 0.15) is 47.8 Å². The van der Waals surface area contributed by atoms with Crippen molar-refractivity contribution in [3.8, 4) is 0 Å². The third-order valence-electron chi connectivity index (χ3n) is 6.00. The molecule has 0 aliphatic carbocycles. The number of nitrogens with zero attached hydrogens (tertiary/aromatic N) is 2. The summed E-state index contributed by atoms with van der Waals surface area (Å²) < 4.78 is 48.3. The van der Waals surface area contributed by atoms with Crippen molar-refractivity contribution in [3.63, 3.8) is 0 Å². The lowest BCUT2D eigenvalue weighted by Crippen LogP contribution is -2.13. The van der Waals surface area contributed by atoms with Crippen molar-refractivity contribution in [2.24, 2.45) is 5.16 Å². The van der Waals surface area contributed by atoms with Crippen molar-refractivity contribution in [2.75, 3.05) is 13.2 Å². The summed E-state index contributed by atoms with van der Waals surface area (Å²) in [6.45, 7) is 6.41. The first-order valence-electron chi connectivity index (χ1n) is 11.7. The molecule has 0 atom stereocenters. The number of aromatic nitrogens is 1. The molecule has 0 spiro atoms. The topological polar surface area (TPSA) is 69.9 Å². The van der Waals surface area contributed by atoms with E-state index in [-0.39, 0.29) is 5.56 Å². The number of carbonyl (C=O) groups excluding carboxylic acids is 2. The number of oxime groups is 1. The molecular formula is C28H25F3N2O4. The van der Waals surface area contributed by atoms with E-state index in [2.05, 4.69) is 5.16 Å². The van der Waals surface area contributed by atoms with E-state index in [1.54, 1.807) is 25.1 Å². The smallest absolute Gasteiger partial charge is 0.380 e. The van der Waals surface area contributed by atoms with Crippen LogP contribution in [0.5, 0.6) is 0 Å². The van der Waals surface area contributed by atoms with Gasteiger partial charge in [0, 0.05) is 53.0 Å². The minimum atomic E-state index is -4.65. The second-order valence-electron chi connectivity index (χ2n) is 8.44. The molecule has 0 N–H and O–H groups in total. The van der Waals surface area contributed by atoms with Crippen LogP contribution >= 0.6 is 0 Å². The zero-order valence-corrected chi connectivity index (χ0v) is 20.6. The van der Waals surface area contributed by atoms with E-state index in [9.17, 15) is 22.8 Å². The molecular weight excluding hydrogens is 485 g/mol. The average Bonchev–Trinajstić information content (AvgIpc) is 3.18. The Kier molecular flexibility index (Phi) is 7.45. The number of alkyl halides is 3. The first kappa shape index (κ1) is 26.1. The molecule has 0 aliphatic rings. The van der Waals surface area contributed by atoms with Crippen LogP contribution < -0.4 is 0 Å². The van der Waals surface area contributed by atoms with Gasteiger partial charge in [-0.05, 0) is 55.8 Å². The largest absolute Gasteiger partial charge is 0.417 e. The van der Waals surface area contributed by atoms with Gasteiger partial charge in [0.1, 0.15) is 0 Å². The van der Waals surface area contributed by atoms with Crippen LogP contribution in [-0.2, 0) is 27.1 Å². The number of ketones is 1. The number of benzene rings is 3. The van der Waals surface area contributed by atoms with E-state index in [4.69, 9.17) is 9.57 Å². The zero-order valence-electron chi connectivity index (χ0n) is 20.6. The lowest BCUT2D eigenvalue weighted by atomic mass is 9.96. The third-order valence-corrected chi connectivity index (χ3v) is 6.00. The van der Waals surface area contributed by atoms with Crippen molar-refractivity contribution in [1.29, 1.82) is 0 Å². The van der Waals surface area contributed by atoms with Crippen LogP contribution in [0.15, 0.2) is 65.8 Å². The molecule has 0 bridgehead atoms. The molecule has 1 heterocycles. The molecule has 0 saturated carbocycles. The fourth-order valence-corrected chi connectivity index (χ4v) is 4.28. The fourth-order valence-electron chi connectivity index (χ4n) is 4.28. The molecule has 0 unspecified atom stereocenters. The van der Waals surface area contributed by atoms with Crippen LogP contribution in [0, 0.1) is 0 Å². The highest BCUT2D eigenvalue weighted by atomic mass is 19.4. The predicted octanol–water partition coefficient (Wildman–Crippen LogP) is 6.37. The van der Waals surface area contributed by atoms with Crippen molar-refractivity contribution >= 4 is 39.3 Å². The van der Waals surface area contributed by atoms with E-state index in [0.717, 1.165) is 22.5 Å². The van der Waals surface area contributed by atoms with Gasteiger partial charge in [-0.15, -0.1) is 0 Å². The Morgan fingerprint density at radius 1 is 0.919 bits per heavy atom. The number of carbonyl (C=O) groups is 2. The third kappa shape index (κ3) is 5.41. The highest BCUT2D eigenvalue weighted by Gasteiger charge is 2.35. The van der Waals surface area contributed by atoms with Crippen LogP contribution in [0.2, 0.25) is 0 Å². The second-order valence-corrected chi connectivity index (χ2v) is 8.44. The minimum Gasteiger partial charge on any atom is -0.380 e. The quantitative estimate of drug-likeness (QED) is 0.0908. The summed E-state index contributed by atoms with van der Waals surface area (Å²) in [7, 11) is 0. The highest BCUT2D eigenvalue weighted by molar-refractivity contribution is 6.16. The number of halogens is 3. The Balaban J connectivity index is 1.88. The van der Waals surface area contributed by atoms with Gasteiger partial charge in [0.2, 0.25) is 0 Å². The maximum absolute atomic E-state index is 13.6. The van der Waals surface area contributed by atoms with Gasteiger partial charge in [0.15, 0.2) is 5.78 Å². The molecule has 0 radical (unpaired) electrons. The number of rotatable bonds is 8. The van der Waals surface area contributed by atoms with Gasteiger partial charge >= 0.3 is 12.1 Å². The number of hydrogen-bond donors (Lipinski definition) is 0. The Labute approximate surface area is 211 Å². The van der Waals surface area contributed by atoms with Crippen molar-refractivity contribution in [2.45, 2.75) is 33.5 Å². The molecule has 0 amide bonds. The van der Waals surface area contributed by atoms with Gasteiger partial charge < -0.3 is 14.1 Å². The first-order valence-corrected chi connectivity index (χ1v) is 11.7. The Hall–Kier alpha value is -3.98. The van der Waals surface area contributed by atoms with Gasteiger partial charge in [-0.1, -0.05) is 29.4 Å². The maximum atomic E-state index is 13.6. The molecule has 0 fully saturated rings. The molecule has 3 aromatic carbocycles. The van der Waals surface area contributed by atoms with E-state index in [1.807, 2.05) is 29.7 Å². The summed E-state index contributed by atoms with van der Waals surface area (Å²) in [4.78, 5) is 29.2. The number of fused-ring (bicyclic) bond motifs is 3. The van der Waals surface area contributed by atoms with E-state index >= 15 is 0 Å². The number of ether oxygens (including phenoxy) is 1. The highest BCUT2D eigenvalue weighted by Crippen LogP contribution is 2.35. The normalized spacial score (nSPS) is 12.3. The van der Waals surface area contributed by atoms with Crippen LogP contribution in [0.3, 0.4) is 0 Å². The van der Waals surface area contributed by atoms with Gasteiger partial charge in [0.25, 0.3) is 0 Å². The van der Waals surface area contributed by atoms with Gasteiger partial charge in [0.05, 0.1) is 17.9 Å². The summed E-state index contributed by atoms with van der Waals surface area (Å²) in [5, 5.41) is 5.32. The summed E-state index contributed by atoms with van der Waals surface area (Å²) in [6, 6.07) is 15.3. The average molecular weight is 511 g/mol. The van der Waals surface area contributed by atoms with Crippen molar-refractivity contribution in [3.05, 3.63) is 82.9 Å². The van der Waals surface area contributed by atoms with Crippen LogP contribution in [0.25, 0.3) is 21.8 Å². The second kappa shape index (κ2) is 10.6. The summed E-state index contributed by atoms with van der Waals surface area (Å²) >= 11 is 0. The van der Waals surface area contributed by atoms with Crippen LogP contribution in [0.4, 0.5) is 13.2 Å².